The summed E-state index contributed by atoms with van der Waals surface area (Å²) in [6.45, 7) is 4.25. The zero-order valence-electron chi connectivity index (χ0n) is 9.99. The van der Waals surface area contributed by atoms with Crippen molar-refractivity contribution in [2.24, 2.45) is 0 Å². The van der Waals surface area contributed by atoms with Crippen molar-refractivity contribution in [2.75, 3.05) is 0 Å². The minimum absolute atomic E-state index is 0.284. The Morgan fingerprint density at radius 1 is 1.31 bits per heavy atom. The van der Waals surface area contributed by atoms with E-state index in [-0.39, 0.29) is 5.78 Å². The van der Waals surface area contributed by atoms with Crippen molar-refractivity contribution in [3.05, 3.63) is 35.4 Å². The summed E-state index contributed by atoms with van der Waals surface area (Å²) in [4.78, 5) is 12.1. The van der Waals surface area contributed by atoms with Gasteiger partial charge in [-0.25, -0.2) is 0 Å². The fraction of sp³-hybridized carbons (Fsp3) is 0.500. The van der Waals surface area contributed by atoms with Gasteiger partial charge in [0.05, 0.1) is 0 Å². The van der Waals surface area contributed by atoms with Crippen molar-refractivity contribution in [2.45, 2.75) is 45.2 Å². The van der Waals surface area contributed by atoms with Crippen LogP contribution in [-0.2, 0) is 6.42 Å². The molecular weight excluding hydrogens is 198 g/mol. The molecule has 0 fully saturated rings. The molecule has 1 aromatic rings. The number of hydrogen-bond donors (Lipinski definition) is 1. The molecule has 0 aliphatic heterocycles. The van der Waals surface area contributed by atoms with Gasteiger partial charge in [0.25, 0.3) is 0 Å². The van der Waals surface area contributed by atoms with E-state index in [0.717, 1.165) is 18.4 Å². The highest BCUT2D eigenvalue weighted by atomic mass is 16.1. The van der Waals surface area contributed by atoms with E-state index in [1.165, 1.54) is 5.56 Å². The summed E-state index contributed by atoms with van der Waals surface area (Å²) in [6, 6.07) is 8.77. The second-order valence-corrected chi connectivity index (χ2v) is 4.84. The number of rotatable bonds is 2. The molecule has 2 rings (SSSR count). The van der Waals surface area contributed by atoms with Crippen LogP contribution in [0.25, 0.3) is 0 Å². The van der Waals surface area contributed by atoms with E-state index in [2.05, 4.69) is 25.2 Å². The Bertz CT molecular complexity index is 384. The van der Waals surface area contributed by atoms with Gasteiger partial charge in [-0.1, -0.05) is 38.1 Å². The first-order chi connectivity index (χ1) is 7.66. The van der Waals surface area contributed by atoms with Gasteiger partial charge in [-0.15, -0.1) is 0 Å². The molecule has 16 heavy (non-hydrogen) atoms. The number of aryl methyl sites for hydroxylation is 1. The van der Waals surface area contributed by atoms with Crippen LogP contribution >= 0.6 is 0 Å². The summed E-state index contributed by atoms with van der Waals surface area (Å²) < 4.78 is 0. The third kappa shape index (κ3) is 2.50. The Balaban J connectivity index is 2.16. The second kappa shape index (κ2) is 4.79. The molecular formula is C14H19NO. The Labute approximate surface area is 97.1 Å². The third-order valence-corrected chi connectivity index (χ3v) is 3.08. The molecule has 0 saturated heterocycles. The van der Waals surface area contributed by atoms with E-state index in [4.69, 9.17) is 0 Å². The fourth-order valence-electron chi connectivity index (χ4n) is 2.39. The number of nitrogens with one attached hydrogen (secondary N) is 1. The highest BCUT2D eigenvalue weighted by molar-refractivity contribution is 5.98. The molecule has 1 aromatic carbocycles. The quantitative estimate of drug-likeness (QED) is 0.771. The van der Waals surface area contributed by atoms with E-state index in [9.17, 15) is 4.79 Å². The number of Topliss-reactive ketones (excluding diaryl/α,β-unsaturated/α-hetero) is 1. The lowest BCUT2D eigenvalue weighted by atomic mass is 10.0. The fourth-order valence-corrected chi connectivity index (χ4v) is 2.39. The summed E-state index contributed by atoms with van der Waals surface area (Å²) in [7, 11) is 0. The maximum Gasteiger partial charge on any atom is 0.164 e. The van der Waals surface area contributed by atoms with Crippen LogP contribution in [0.4, 0.5) is 0 Å². The number of ketones is 1. The number of carbonyl (C=O) groups is 1. The topological polar surface area (TPSA) is 29.1 Å². The number of benzene rings is 1. The van der Waals surface area contributed by atoms with Gasteiger partial charge in [0, 0.05) is 24.1 Å². The van der Waals surface area contributed by atoms with E-state index < -0.39 is 0 Å². The molecule has 0 aromatic heterocycles. The van der Waals surface area contributed by atoms with Gasteiger partial charge < -0.3 is 5.32 Å². The standard InChI is InChI=1S/C14H19NO/c1-10(2)15-12-8-7-11-5-3-4-6-13(11)14(16)9-12/h3-6,10,12,15H,7-9H2,1-2H3. The van der Waals surface area contributed by atoms with Crippen LogP contribution in [0, 0.1) is 0 Å². The van der Waals surface area contributed by atoms with Crippen LogP contribution in [0.1, 0.15) is 42.6 Å². The Kier molecular flexibility index (Phi) is 3.39. The maximum absolute atomic E-state index is 12.1. The summed E-state index contributed by atoms with van der Waals surface area (Å²) in [5.41, 5.74) is 2.14. The highest BCUT2D eigenvalue weighted by Gasteiger charge is 2.22. The first kappa shape index (κ1) is 11.3. The molecule has 2 nitrogen and oxygen atoms in total. The van der Waals surface area contributed by atoms with Crippen LogP contribution in [0.5, 0.6) is 0 Å². The molecule has 1 aliphatic rings. The molecule has 0 amide bonds. The minimum Gasteiger partial charge on any atom is -0.311 e. The first-order valence-electron chi connectivity index (χ1n) is 6.04. The van der Waals surface area contributed by atoms with E-state index in [0.29, 0.717) is 18.5 Å². The van der Waals surface area contributed by atoms with Gasteiger partial charge in [-0.05, 0) is 18.4 Å². The van der Waals surface area contributed by atoms with E-state index in [1.807, 2.05) is 18.2 Å². The largest absolute Gasteiger partial charge is 0.311 e. The lowest BCUT2D eigenvalue weighted by molar-refractivity contribution is 0.0970. The van der Waals surface area contributed by atoms with Crippen LogP contribution < -0.4 is 5.32 Å². The molecule has 0 saturated carbocycles. The summed E-state index contributed by atoms with van der Waals surface area (Å²) in [6.07, 6.45) is 2.70. The average Bonchev–Trinajstić information content (AvgIpc) is 2.39. The third-order valence-electron chi connectivity index (χ3n) is 3.08. The van der Waals surface area contributed by atoms with Crippen molar-refractivity contribution in [3.8, 4) is 0 Å². The molecule has 86 valence electrons. The predicted octanol–water partition coefficient (Wildman–Crippen LogP) is 2.57. The van der Waals surface area contributed by atoms with Gasteiger partial charge in [-0.3, -0.25) is 4.79 Å². The van der Waals surface area contributed by atoms with E-state index >= 15 is 0 Å². The van der Waals surface area contributed by atoms with Gasteiger partial charge in [-0.2, -0.15) is 0 Å². The lowest BCUT2D eigenvalue weighted by Crippen LogP contribution is -2.35. The number of hydrogen-bond acceptors (Lipinski definition) is 2. The predicted molar refractivity (Wildman–Crippen MR) is 65.8 cm³/mol. The van der Waals surface area contributed by atoms with Crippen LogP contribution in [0.2, 0.25) is 0 Å². The normalized spacial score (nSPS) is 20.7. The first-order valence-corrected chi connectivity index (χ1v) is 6.04. The van der Waals surface area contributed by atoms with Gasteiger partial charge in [0.2, 0.25) is 0 Å². The van der Waals surface area contributed by atoms with Crippen LogP contribution in [0.3, 0.4) is 0 Å². The monoisotopic (exact) mass is 217 g/mol. The Morgan fingerprint density at radius 3 is 2.81 bits per heavy atom. The molecule has 0 radical (unpaired) electrons. The molecule has 1 atom stereocenters. The van der Waals surface area contributed by atoms with Crippen molar-refractivity contribution >= 4 is 5.78 Å². The smallest absolute Gasteiger partial charge is 0.164 e. The van der Waals surface area contributed by atoms with Crippen molar-refractivity contribution in [3.63, 3.8) is 0 Å². The second-order valence-electron chi connectivity index (χ2n) is 4.84. The van der Waals surface area contributed by atoms with Gasteiger partial charge in [0.1, 0.15) is 0 Å². The maximum atomic E-state index is 12.1. The number of fused-ring (bicyclic) bond motifs is 1. The summed E-state index contributed by atoms with van der Waals surface area (Å²) in [5.74, 6) is 0.284. The van der Waals surface area contributed by atoms with Crippen molar-refractivity contribution in [1.82, 2.24) is 5.32 Å². The van der Waals surface area contributed by atoms with Crippen LogP contribution in [0.15, 0.2) is 24.3 Å². The lowest BCUT2D eigenvalue weighted by Gasteiger charge is -2.18. The zero-order chi connectivity index (χ0) is 11.5. The number of carbonyl (C=O) groups excluding carboxylic acids is 1. The molecule has 0 spiro atoms. The SMILES string of the molecule is CC(C)NC1CCc2ccccc2C(=O)C1. The molecule has 1 N–H and O–H groups in total. The van der Waals surface area contributed by atoms with Crippen LogP contribution in [-0.4, -0.2) is 17.9 Å². The highest BCUT2D eigenvalue weighted by Crippen LogP contribution is 2.20. The molecule has 1 unspecified atom stereocenters. The Morgan fingerprint density at radius 2 is 2.06 bits per heavy atom. The molecule has 1 aliphatic carbocycles. The summed E-state index contributed by atoms with van der Waals surface area (Å²) in [5, 5.41) is 3.47. The van der Waals surface area contributed by atoms with E-state index in [1.54, 1.807) is 0 Å². The Hall–Kier alpha value is -1.15. The average molecular weight is 217 g/mol. The zero-order valence-corrected chi connectivity index (χ0v) is 9.99. The van der Waals surface area contributed by atoms with Crippen molar-refractivity contribution in [1.29, 1.82) is 0 Å². The molecule has 0 heterocycles. The van der Waals surface area contributed by atoms with Gasteiger partial charge in [0.15, 0.2) is 5.78 Å². The van der Waals surface area contributed by atoms with Crippen molar-refractivity contribution < 1.29 is 4.79 Å². The minimum atomic E-state index is 0.284. The molecule has 2 heteroatoms. The molecule has 0 bridgehead atoms. The van der Waals surface area contributed by atoms with Gasteiger partial charge >= 0.3 is 0 Å². The summed E-state index contributed by atoms with van der Waals surface area (Å²) >= 11 is 0.